The van der Waals surface area contributed by atoms with Gasteiger partial charge >= 0.3 is 5.92 Å². The predicted octanol–water partition coefficient (Wildman–Crippen LogP) is 4.80. The van der Waals surface area contributed by atoms with Crippen LogP contribution in [0.15, 0.2) is 53.6 Å². The van der Waals surface area contributed by atoms with Gasteiger partial charge in [-0.05, 0) is 0 Å². The summed E-state index contributed by atoms with van der Waals surface area (Å²) < 4.78 is 93.6. The minimum absolute atomic E-state index is 0.720. The average Bonchev–Trinajstić information content (AvgIpc) is 2.42. The summed E-state index contributed by atoms with van der Waals surface area (Å²) in [7, 11) is 0. The Morgan fingerprint density at radius 1 is 0.684 bits per heavy atom. The highest BCUT2D eigenvalue weighted by molar-refractivity contribution is 5.46. The van der Waals surface area contributed by atoms with Gasteiger partial charge in [0.2, 0.25) is 5.83 Å². The maximum Gasteiger partial charge on any atom is 0.345 e. The van der Waals surface area contributed by atoms with Gasteiger partial charge in [0.15, 0.2) is 17.5 Å². The molecule has 0 spiro atoms. The Balaban J connectivity index is 2.77. The molecule has 0 radical (unpaired) electrons. The summed E-state index contributed by atoms with van der Waals surface area (Å²) in [4.78, 5) is 0. The zero-order valence-corrected chi connectivity index (χ0v) is 9.03. The fourth-order valence-corrected chi connectivity index (χ4v) is 1.75. The molecule has 0 amide bonds. The molecule has 2 rings (SSSR count). The first kappa shape index (κ1) is 13.6. The Bertz CT molecular complexity index is 573. The van der Waals surface area contributed by atoms with Gasteiger partial charge in [-0.15, -0.1) is 0 Å². The maximum atomic E-state index is 14.3. The second-order valence-electron chi connectivity index (χ2n) is 3.85. The number of benzene rings is 1. The van der Waals surface area contributed by atoms with Crippen molar-refractivity contribution in [2.75, 3.05) is 0 Å². The van der Waals surface area contributed by atoms with E-state index in [1.165, 1.54) is 6.07 Å². The van der Waals surface area contributed by atoms with Gasteiger partial charge < -0.3 is 0 Å². The Morgan fingerprint density at radius 3 is 1.68 bits per heavy atom. The SMILES string of the molecule is FC1=C(F)C(F)(F)C(F)(c2ccccc2)C(F)=C1F. The molecule has 1 aromatic carbocycles. The molecule has 0 aliphatic heterocycles. The normalized spacial score (nSPS) is 26.9. The third-order valence-corrected chi connectivity index (χ3v) is 2.76. The van der Waals surface area contributed by atoms with E-state index >= 15 is 0 Å². The number of allylic oxidation sites excluding steroid dienone is 4. The van der Waals surface area contributed by atoms with Crippen LogP contribution >= 0.6 is 0 Å². The molecule has 0 heterocycles. The lowest BCUT2D eigenvalue weighted by Crippen LogP contribution is -2.45. The van der Waals surface area contributed by atoms with E-state index in [1.54, 1.807) is 0 Å². The van der Waals surface area contributed by atoms with Crippen LogP contribution in [-0.4, -0.2) is 5.92 Å². The topological polar surface area (TPSA) is 0 Å². The molecule has 0 fully saturated rings. The van der Waals surface area contributed by atoms with Gasteiger partial charge in [0.25, 0.3) is 5.67 Å². The molecule has 1 aromatic rings. The number of halogens is 7. The fourth-order valence-electron chi connectivity index (χ4n) is 1.75. The van der Waals surface area contributed by atoms with Gasteiger partial charge in [-0.3, -0.25) is 0 Å². The van der Waals surface area contributed by atoms with Gasteiger partial charge in [0, 0.05) is 5.56 Å². The molecule has 0 bridgehead atoms. The van der Waals surface area contributed by atoms with E-state index in [9.17, 15) is 30.7 Å². The molecule has 1 aliphatic carbocycles. The molecule has 7 heteroatoms. The fraction of sp³-hybridized carbons (Fsp3) is 0.167. The molecule has 1 aliphatic rings. The van der Waals surface area contributed by atoms with E-state index in [0.29, 0.717) is 0 Å². The highest BCUT2D eigenvalue weighted by Crippen LogP contribution is 2.57. The van der Waals surface area contributed by atoms with Crippen molar-refractivity contribution in [3.63, 3.8) is 0 Å². The summed E-state index contributed by atoms with van der Waals surface area (Å²) in [6.45, 7) is 0. The number of rotatable bonds is 1. The van der Waals surface area contributed by atoms with E-state index in [1.807, 2.05) is 0 Å². The predicted molar refractivity (Wildman–Crippen MR) is 52.7 cm³/mol. The summed E-state index contributed by atoms with van der Waals surface area (Å²) in [6.07, 6.45) is 0. The highest BCUT2D eigenvalue weighted by atomic mass is 19.3. The van der Waals surface area contributed by atoms with E-state index in [-0.39, 0.29) is 0 Å². The smallest absolute Gasteiger partial charge is 0.223 e. The third-order valence-electron chi connectivity index (χ3n) is 2.76. The van der Waals surface area contributed by atoms with Crippen molar-refractivity contribution >= 4 is 0 Å². The standard InChI is InChI=1S/C12H5F7/c13-7-8(14)10(16)12(18,19)11(17,9(7)15)6-4-2-1-3-5-6/h1-5H. The Labute approximate surface area is 102 Å². The van der Waals surface area contributed by atoms with Crippen LogP contribution in [0.5, 0.6) is 0 Å². The molecule has 102 valence electrons. The summed E-state index contributed by atoms with van der Waals surface area (Å²) in [5.74, 6) is -16.2. The van der Waals surface area contributed by atoms with Crippen LogP contribution in [0, 0.1) is 0 Å². The van der Waals surface area contributed by atoms with Gasteiger partial charge in [-0.25, -0.2) is 22.0 Å². The zero-order chi connectivity index (χ0) is 14.4. The van der Waals surface area contributed by atoms with Crippen molar-refractivity contribution in [3.05, 3.63) is 59.2 Å². The first-order valence-corrected chi connectivity index (χ1v) is 4.98. The van der Waals surface area contributed by atoms with Gasteiger partial charge in [-0.1, -0.05) is 30.3 Å². The molecule has 0 saturated carbocycles. The van der Waals surface area contributed by atoms with Gasteiger partial charge in [-0.2, -0.15) is 8.78 Å². The molecular formula is C12H5F7. The first-order valence-electron chi connectivity index (χ1n) is 4.98. The second kappa shape index (κ2) is 4.11. The molecule has 1 atom stereocenters. The second-order valence-corrected chi connectivity index (χ2v) is 3.85. The maximum absolute atomic E-state index is 14.3. The summed E-state index contributed by atoms with van der Waals surface area (Å²) >= 11 is 0. The third kappa shape index (κ3) is 1.60. The summed E-state index contributed by atoms with van der Waals surface area (Å²) in [5, 5.41) is 0. The van der Waals surface area contributed by atoms with Crippen LogP contribution < -0.4 is 0 Å². The minimum Gasteiger partial charge on any atom is -0.223 e. The molecular weight excluding hydrogens is 277 g/mol. The van der Waals surface area contributed by atoms with Crippen LogP contribution in [0.1, 0.15) is 5.56 Å². The van der Waals surface area contributed by atoms with Gasteiger partial charge in [0.1, 0.15) is 0 Å². The van der Waals surface area contributed by atoms with Crippen molar-refractivity contribution in [1.29, 1.82) is 0 Å². The Morgan fingerprint density at radius 2 is 1.16 bits per heavy atom. The van der Waals surface area contributed by atoms with Crippen molar-refractivity contribution < 1.29 is 30.7 Å². The molecule has 0 saturated heterocycles. The Hall–Kier alpha value is -1.79. The van der Waals surface area contributed by atoms with Crippen molar-refractivity contribution in [2.24, 2.45) is 0 Å². The van der Waals surface area contributed by atoms with E-state index < -0.39 is 40.5 Å². The van der Waals surface area contributed by atoms with Crippen molar-refractivity contribution in [2.45, 2.75) is 11.6 Å². The molecule has 0 N–H and O–H groups in total. The van der Waals surface area contributed by atoms with Gasteiger partial charge in [0.05, 0.1) is 0 Å². The van der Waals surface area contributed by atoms with Crippen LogP contribution in [0.2, 0.25) is 0 Å². The van der Waals surface area contributed by atoms with E-state index in [4.69, 9.17) is 0 Å². The van der Waals surface area contributed by atoms with Crippen LogP contribution in [-0.2, 0) is 5.67 Å². The van der Waals surface area contributed by atoms with Crippen LogP contribution in [0.25, 0.3) is 0 Å². The lowest BCUT2D eigenvalue weighted by Gasteiger charge is -2.34. The molecule has 0 aromatic heterocycles. The van der Waals surface area contributed by atoms with Crippen molar-refractivity contribution in [1.82, 2.24) is 0 Å². The summed E-state index contributed by atoms with van der Waals surface area (Å²) in [5.41, 5.74) is -5.44. The molecule has 19 heavy (non-hydrogen) atoms. The lowest BCUT2D eigenvalue weighted by molar-refractivity contribution is -0.124. The number of alkyl halides is 3. The monoisotopic (exact) mass is 282 g/mol. The Kier molecular flexibility index (Phi) is 2.95. The number of hydrogen-bond acceptors (Lipinski definition) is 0. The van der Waals surface area contributed by atoms with E-state index in [2.05, 4.69) is 0 Å². The van der Waals surface area contributed by atoms with Crippen LogP contribution in [0.3, 0.4) is 0 Å². The first-order chi connectivity index (χ1) is 8.74. The zero-order valence-electron chi connectivity index (χ0n) is 9.03. The minimum atomic E-state index is -5.18. The van der Waals surface area contributed by atoms with Crippen molar-refractivity contribution in [3.8, 4) is 0 Å². The lowest BCUT2D eigenvalue weighted by atomic mass is 9.83. The highest BCUT2D eigenvalue weighted by Gasteiger charge is 2.67. The average molecular weight is 282 g/mol. The van der Waals surface area contributed by atoms with Crippen LogP contribution in [0.4, 0.5) is 30.7 Å². The molecule has 1 unspecified atom stereocenters. The largest absolute Gasteiger partial charge is 0.345 e. The quantitative estimate of drug-likeness (QED) is 0.649. The molecule has 0 nitrogen and oxygen atoms in total. The van der Waals surface area contributed by atoms with E-state index in [0.717, 1.165) is 24.3 Å². The number of hydrogen-bond donors (Lipinski definition) is 0. The summed E-state index contributed by atoms with van der Waals surface area (Å²) in [6, 6.07) is 4.89.